The molecule has 0 heterocycles. The molecule has 1 aromatic rings. The van der Waals surface area contributed by atoms with Crippen LogP contribution in [0.15, 0.2) is 32.9 Å². The summed E-state index contributed by atoms with van der Waals surface area (Å²) < 4.78 is 49.8. The summed E-state index contributed by atoms with van der Waals surface area (Å²) in [7, 11) is 2.21. The minimum Gasteiger partial charge on any atom is -0.466 e. The Bertz CT molecular complexity index is 653. The highest BCUT2D eigenvalue weighted by Gasteiger charge is 2.31. The maximum atomic E-state index is 12.3. The van der Waals surface area contributed by atoms with E-state index in [-0.39, 0.29) is 20.3 Å². The van der Waals surface area contributed by atoms with Crippen molar-refractivity contribution in [1.29, 1.82) is 0 Å². The van der Waals surface area contributed by atoms with Crippen LogP contribution in [-0.2, 0) is 19.1 Å². The van der Waals surface area contributed by atoms with Crippen molar-refractivity contribution in [2.75, 3.05) is 19.5 Å². The predicted octanol–water partition coefficient (Wildman–Crippen LogP) is 3.75. The predicted molar refractivity (Wildman–Crippen MR) is 84.3 cm³/mol. The SMILES string of the molecule is COC(=O)/C=C(/Nc1c(Br)cc(OC(F)(F)F)cc1Br)C(=O)OC. The molecule has 6 nitrogen and oxygen atoms in total. The summed E-state index contributed by atoms with van der Waals surface area (Å²) in [4.78, 5) is 23.0. The zero-order chi connectivity index (χ0) is 18.5. The fourth-order valence-electron chi connectivity index (χ4n) is 1.43. The van der Waals surface area contributed by atoms with Gasteiger partial charge < -0.3 is 19.5 Å². The second kappa shape index (κ2) is 8.38. The molecule has 0 saturated heterocycles. The molecular weight excluding hydrogens is 467 g/mol. The fourth-order valence-corrected chi connectivity index (χ4v) is 2.77. The van der Waals surface area contributed by atoms with Crippen LogP contribution in [0.5, 0.6) is 5.75 Å². The maximum Gasteiger partial charge on any atom is 0.573 e. The number of carbonyl (C=O) groups is 2. The normalized spacial score (nSPS) is 11.7. The number of ether oxygens (including phenoxy) is 3. The Morgan fingerprint density at radius 3 is 2.08 bits per heavy atom. The minimum atomic E-state index is -4.85. The molecule has 0 amide bonds. The summed E-state index contributed by atoms with van der Waals surface area (Å²) in [6.45, 7) is 0. The third kappa shape index (κ3) is 6.04. The molecule has 1 N–H and O–H groups in total. The number of benzene rings is 1. The van der Waals surface area contributed by atoms with Gasteiger partial charge in [0.15, 0.2) is 0 Å². The van der Waals surface area contributed by atoms with Gasteiger partial charge in [-0.05, 0) is 44.0 Å². The highest BCUT2D eigenvalue weighted by atomic mass is 79.9. The van der Waals surface area contributed by atoms with Gasteiger partial charge in [-0.1, -0.05) is 0 Å². The first-order valence-corrected chi connectivity index (χ1v) is 7.55. The number of hydrogen-bond acceptors (Lipinski definition) is 6. The Kier molecular flexibility index (Phi) is 7.08. The number of esters is 2. The molecule has 0 saturated carbocycles. The average Bonchev–Trinajstić information content (AvgIpc) is 2.46. The van der Waals surface area contributed by atoms with Crippen LogP contribution in [0.1, 0.15) is 0 Å². The van der Waals surface area contributed by atoms with Crippen LogP contribution in [0.3, 0.4) is 0 Å². The molecule has 0 spiro atoms. The minimum absolute atomic E-state index is 0.135. The lowest BCUT2D eigenvalue weighted by atomic mass is 10.2. The summed E-state index contributed by atoms with van der Waals surface area (Å²) in [6.07, 6.45) is -4.01. The topological polar surface area (TPSA) is 73.9 Å². The molecule has 0 fully saturated rings. The van der Waals surface area contributed by atoms with Gasteiger partial charge in [-0.15, -0.1) is 13.2 Å². The lowest BCUT2D eigenvalue weighted by molar-refractivity contribution is -0.274. The number of methoxy groups -OCH3 is 2. The Hall–Kier alpha value is -1.75. The molecule has 1 aromatic carbocycles. The molecule has 132 valence electrons. The number of carbonyl (C=O) groups excluding carboxylic acids is 2. The van der Waals surface area contributed by atoms with Gasteiger partial charge in [-0.2, -0.15) is 0 Å². The molecule has 0 aliphatic rings. The first kappa shape index (κ1) is 20.3. The summed E-state index contributed by atoms with van der Waals surface area (Å²) >= 11 is 6.11. The van der Waals surface area contributed by atoms with Gasteiger partial charge in [0.2, 0.25) is 0 Å². The van der Waals surface area contributed by atoms with Crippen LogP contribution in [-0.4, -0.2) is 32.5 Å². The standard InChI is InChI=1S/C13H10Br2F3NO5/c1-22-10(20)5-9(12(21)23-2)19-11-7(14)3-6(4-8(11)15)24-13(16,17)18/h3-5,19H,1-2H3/b9-5+. The fraction of sp³-hybridized carbons (Fsp3) is 0.231. The van der Waals surface area contributed by atoms with Crippen molar-refractivity contribution < 1.29 is 37.0 Å². The lowest BCUT2D eigenvalue weighted by Crippen LogP contribution is -2.18. The van der Waals surface area contributed by atoms with Gasteiger partial charge in [0.1, 0.15) is 11.4 Å². The van der Waals surface area contributed by atoms with E-state index in [9.17, 15) is 22.8 Å². The Balaban J connectivity index is 3.19. The van der Waals surface area contributed by atoms with E-state index in [0.717, 1.165) is 32.4 Å². The van der Waals surface area contributed by atoms with Crippen LogP contribution in [0, 0.1) is 0 Å². The first-order chi connectivity index (χ1) is 11.1. The molecular formula is C13H10Br2F3NO5. The zero-order valence-electron chi connectivity index (χ0n) is 12.2. The summed E-state index contributed by atoms with van der Waals surface area (Å²) in [5, 5.41) is 2.58. The van der Waals surface area contributed by atoms with E-state index >= 15 is 0 Å². The number of alkyl halides is 3. The van der Waals surface area contributed by atoms with Crippen molar-refractivity contribution in [2.45, 2.75) is 6.36 Å². The van der Waals surface area contributed by atoms with Crippen LogP contribution in [0.4, 0.5) is 18.9 Å². The Labute approximate surface area is 151 Å². The molecule has 0 atom stereocenters. The smallest absolute Gasteiger partial charge is 0.466 e. The van der Waals surface area contributed by atoms with Gasteiger partial charge in [0.25, 0.3) is 0 Å². The van der Waals surface area contributed by atoms with Crippen LogP contribution in [0.25, 0.3) is 0 Å². The van der Waals surface area contributed by atoms with Crippen LogP contribution in [0.2, 0.25) is 0 Å². The van der Waals surface area contributed by atoms with Gasteiger partial charge in [-0.25, -0.2) is 9.59 Å². The second-order valence-electron chi connectivity index (χ2n) is 4.01. The van der Waals surface area contributed by atoms with Gasteiger partial charge in [-0.3, -0.25) is 0 Å². The van der Waals surface area contributed by atoms with E-state index in [0.29, 0.717) is 0 Å². The molecule has 0 aromatic heterocycles. The second-order valence-corrected chi connectivity index (χ2v) is 5.72. The van der Waals surface area contributed by atoms with Crippen molar-refractivity contribution in [3.63, 3.8) is 0 Å². The van der Waals surface area contributed by atoms with Crippen molar-refractivity contribution in [3.05, 3.63) is 32.9 Å². The zero-order valence-corrected chi connectivity index (χ0v) is 15.3. The quantitative estimate of drug-likeness (QED) is 0.515. The van der Waals surface area contributed by atoms with Crippen molar-refractivity contribution in [1.82, 2.24) is 0 Å². The monoisotopic (exact) mass is 475 g/mol. The van der Waals surface area contributed by atoms with Crippen molar-refractivity contribution in [3.8, 4) is 5.75 Å². The summed E-state index contributed by atoms with van der Waals surface area (Å²) in [5.74, 6) is -2.19. The van der Waals surface area contributed by atoms with E-state index in [4.69, 9.17) is 0 Å². The highest BCUT2D eigenvalue weighted by Crippen LogP contribution is 2.37. The molecule has 1 rings (SSSR count). The number of anilines is 1. The Morgan fingerprint density at radius 1 is 1.12 bits per heavy atom. The summed E-state index contributed by atoms with van der Waals surface area (Å²) in [6, 6.07) is 2.07. The molecule has 0 aliphatic heterocycles. The molecule has 24 heavy (non-hydrogen) atoms. The molecule has 0 aliphatic carbocycles. The number of halogens is 5. The van der Waals surface area contributed by atoms with E-state index in [2.05, 4.69) is 51.4 Å². The molecule has 0 unspecified atom stereocenters. The summed E-state index contributed by atoms with van der Waals surface area (Å²) in [5.41, 5.74) is -0.111. The lowest BCUT2D eigenvalue weighted by Gasteiger charge is -2.15. The number of rotatable bonds is 5. The van der Waals surface area contributed by atoms with E-state index in [1.807, 2.05) is 0 Å². The number of nitrogens with one attached hydrogen (secondary N) is 1. The average molecular weight is 477 g/mol. The van der Waals surface area contributed by atoms with Crippen molar-refractivity contribution >= 4 is 49.5 Å². The first-order valence-electron chi connectivity index (χ1n) is 5.97. The van der Waals surface area contributed by atoms with Crippen LogP contribution < -0.4 is 10.1 Å². The highest BCUT2D eigenvalue weighted by molar-refractivity contribution is 9.11. The largest absolute Gasteiger partial charge is 0.573 e. The molecule has 11 heteroatoms. The van der Waals surface area contributed by atoms with Gasteiger partial charge in [0, 0.05) is 8.95 Å². The molecule has 0 bridgehead atoms. The van der Waals surface area contributed by atoms with E-state index in [1.54, 1.807) is 0 Å². The Morgan fingerprint density at radius 2 is 1.67 bits per heavy atom. The van der Waals surface area contributed by atoms with E-state index < -0.39 is 24.1 Å². The van der Waals surface area contributed by atoms with E-state index in [1.165, 1.54) is 0 Å². The maximum absolute atomic E-state index is 12.3. The molecule has 0 radical (unpaired) electrons. The van der Waals surface area contributed by atoms with Gasteiger partial charge in [0.05, 0.1) is 26.0 Å². The third-order valence-corrected chi connectivity index (χ3v) is 3.63. The van der Waals surface area contributed by atoms with Crippen LogP contribution >= 0.6 is 31.9 Å². The van der Waals surface area contributed by atoms with Gasteiger partial charge >= 0.3 is 18.3 Å². The number of hydrogen-bond donors (Lipinski definition) is 1. The third-order valence-electron chi connectivity index (χ3n) is 2.38. The van der Waals surface area contributed by atoms with Crippen molar-refractivity contribution in [2.24, 2.45) is 0 Å².